The van der Waals surface area contributed by atoms with E-state index in [4.69, 9.17) is 11.6 Å². The van der Waals surface area contributed by atoms with Crippen LogP contribution in [0.4, 0.5) is 5.69 Å². The van der Waals surface area contributed by atoms with Gasteiger partial charge in [-0.1, -0.05) is 41.9 Å². The summed E-state index contributed by atoms with van der Waals surface area (Å²) in [6.07, 6.45) is 0.933. The molecule has 6 nitrogen and oxygen atoms in total. The summed E-state index contributed by atoms with van der Waals surface area (Å²) in [6, 6.07) is 16.5. The van der Waals surface area contributed by atoms with Crippen molar-refractivity contribution in [3.8, 4) is 0 Å². The van der Waals surface area contributed by atoms with Crippen molar-refractivity contribution in [2.75, 3.05) is 44.2 Å². The van der Waals surface area contributed by atoms with Crippen molar-refractivity contribution >= 4 is 23.2 Å². The van der Waals surface area contributed by atoms with Crippen LogP contribution in [-0.4, -0.2) is 59.9 Å². The summed E-state index contributed by atoms with van der Waals surface area (Å²) in [6.45, 7) is 12.4. The maximum Gasteiger partial charge on any atom is 0.255 e. The van der Waals surface area contributed by atoms with Gasteiger partial charge in [-0.25, -0.2) is 0 Å². The summed E-state index contributed by atoms with van der Waals surface area (Å²) in [5.41, 5.74) is 5.88. The summed E-state index contributed by atoms with van der Waals surface area (Å²) in [7, 11) is 0. The van der Waals surface area contributed by atoms with Gasteiger partial charge in [0, 0.05) is 49.1 Å². The lowest BCUT2D eigenvalue weighted by Crippen LogP contribution is -2.47. The largest absolute Gasteiger partial charge is 0.369 e. The third kappa shape index (κ3) is 5.80. The first kappa shape index (κ1) is 24.3. The highest BCUT2D eigenvalue weighted by molar-refractivity contribution is 6.31. The van der Waals surface area contributed by atoms with Gasteiger partial charge in [0.1, 0.15) is 0 Å². The second kappa shape index (κ2) is 11.1. The number of hydrogen-bond donors (Lipinski definition) is 1. The smallest absolute Gasteiger partial charge is 0.255 e. The molecule has 1 amide bonds. The van der Waals surface area contributed by atoms with E-state index in [1.165, 1.54) is 11.3 Å². The van der Waals surface area contributed by atoms with Gasteiger partial charge in [-0.05, 0) is 63.1 Å². The van der Waals surface area contributed by atoms with Crippen LogP contribution in [0.1, 0.15) is 39.3 Å². The fraction of sp³-hybridized carbons (Fsp3) is 0.407. The van der Waals surface area contributed by atoms with Crippen LogP contribution in [0, 0.1) is 20.8 Å². The van der Waals surface area contributed by atoms with Crippen molar-refractivity contribution in [3.05, 3.63) is 81.6 Å². The molecule has 1 saturated heterocycles. The number of nitrogens with one attached hydrogen (secondary N) is 1. The zero-order valence-electron chi connectivity index (χ0n) is 20.4. The number of carbonyl (C=O) groups is 1. The van der Waals surface area contributed by atoms with E-state index >= 15 is 0 Å². The van der Waals surface area contributed by atoms with Crippen molar-refractivity contribution in [2.45, 2.75) is 33.7 Å². The van der Waals surface area contributed by atoms with E-state index in [9.17, 15) is 4.79 Å². The molecule has 1 aromatic heterocycles. The molecule has 0 atom stereocenters. The van der Waals surface area contributed by atoms with E-state index in [-0.39, 0.29) is 5.91 Å². The predicted octanol–water partition coefficient (Wildman–Crippen LogP) is 4.45. The maximum atomic E-state index is 12.9. The fourth-order valence-electron chi connectivity index (χ4n) is 4.61. The molecule has 1 N–H and O–H groups in total. The van der Waals surface area contributed by atoms with E-state index in [2.05, 4.69) is 51.4 Å². The Morgan fingerprint density at radius 3 is 2.53 bits per heavy atom. The van der Waals surface area contributed by atoms with Crippen LogP contribution in [0.15, 0.2) is 48.5 Å². The number of amides is 1. The summed E-state index contributed by atoms with van der Waals surface area (Å²) < 4.78 is 1.86. The average Bonchev–Trinajstić information content (AvgIpc) is 3.11. The Bertz CT molecular complexity index is 1130. The molecular weight excluding hydrogens is 446 g/mol. The van der Waals surface area contributed by atoms with Crippen LogP contribution < -0.4 is 10.2 Å². The second-order valence-corrected chi connectivity index (χ2v) is 9.48. The normalized spacial score (nSPS) is 14.4. The molecule has 180 valence electrons. The maximum absolute atomic E-state index is 12.9. The Morgan fingerprint density at radius 1 is 1.03 bits per heavy atom. The van der Waals surface area contributed by atoms with Gasteiger partial charge < -0.3 is 10.2 Å². The SMILES string of the molecule is Cc1cccc(N2CCN(CCCNC(=O)c3c(C)nn(Cc4ccccc4Cl)c3C)CC2)c1. The Labute approximate surface area is 207 Å². The molecule has 7 heteroatoms. The van der Waals surface area contributed by atoms with Gasteiger partial charge in [0.05, 0.1) is 17.8 Å². The van der Waals surface area contributed by atoms with Crippen LogP contribution in [0.2, 0.25) is 5.02 Å². The lowest BCUT2D eigenvalue weighted by Gasteiger charge is -2.36. The molecule has 0 saturated carbocycles. The lowest BCUT2D eigenvalue weighted by molar-refractivity contribution is 0.0950. The Kier molecular flexibility index (Phi) is 7.91. The zero-order valence-corrected chi connectivity index (χ0v) is 21.1. The number of piperazine rings is 1. The topological polar surface area (TPSA) is 53.4 Å². The molecule has 1 aliphatic heterocycles. The van der Waals surface area contributed by atoms with Gasteiger partial charge in [-0.15, -0.1) is 0 Å². The average molecular weight is 480 g/mol. The molecule has 2 heterocycles. The van der Waals surface area contributed by atoms with Crippen molar-refractivity contribution < 1.29 is 4.79 Å². The molecule has 1 aliphatic rings. The summed E-state index contributed by atoms with van der Waals surface area (Å²) in [5, 5.41) is 8.39. The standard InChI is InChI=1S/C27H34ClN5O/c1-20-8-6-10-24(18-20)32-16-14-31(15-17-32)13-7-12-29-27(34)26-21(2)30-33(22(26)3)19-23-9-4-5-11-25(23)28/h4-6,8-11,18H,7,12-17,19H2,1-3H3,(H,29,34). The van der Waals surface area contributed by atoms with Gasteiger partial charge in [0.25, 0.3) is 5.91 Å². The number of aromatic nitrogens is 2. The number of hydrogen-bond acceptors (Lipinski definition) is 4. The van der Waals surface area contributed by atoms with Crippen LogP contribution in [0.3, 0.4) is 0 Å². The number of benzene rings is 2. The lowest BCUT2D eigenvalue weighted by atomic mass is 10.1. The van der Waals surface area contributed by atoms with Crippen molar-refractivity contribution in [3.63, 3.8) is 0 Å². The third-order valence-electron chi connectivity index (χ3n) is 6.56. The molecule has 4 rings (SSSR count). The van der Waals surface area contributed by atoms with Crippen LogP contribution in [-0.2, 0) is 6.54 Å². The van der Waals surface area contributed by atoms with Crippen molar-refractivity contribution in [2.24, 2.45) is 0 Å². The minimum absolute atomic E-state index is 0.0512. The second-order valence-electron chi connectivity index (χ2n) is 9.07. The van der Waals surface area contributed by atoms with E-state index in [0.717, 1.165) is 56.1 Å². The Morgan fingerprint density at radius 2 is 1.79 bits per heavy atom. The first-order valence-corrected chi connectivity index (χ1v) is 12.4. The number of rotatable bonds is 8. The van der Waals surface area contributed by atoms with E-state index < -0.39 is 0 Å². The quantitative estimate of drug-likeness (QED) is 0.485. The highest BCUT2D eigenvalue weighted by Crippen LogP contribution is 2.20. The minimum Gasteiger partial charge on any atom is -0.369 e. The number of nitrogens with zero attached hydrogens (tertiary/aromatic N) is 4. The molecule has 0 bridgehead atoms. The Balaban J connectivity index is 1.23. The fourth-order valence-corrected chi connectivity index (χ4v) is 4.81. The van der Waals surface area contributed by atoms with Gasteiger partial charge in [0.2, 0.25) is 0 Å². The molecule has 1 fully saturated rings. The van der Waals surface area contributed by atoms with Crippen LogP contribution >= 0.6 is 11.6 Å². The molecule has 3 aromatic rings. The molecule has 2 aromatic carbocycles. The summed E-state index contributed by atoms with van der Waals surface area (Å²) in [4.78, 5) is 17.8. The molecule has 0 spiro atoms. The number of aryl methyl sites for hydroxylation is 2. The molecule has 0 radical (unpaired) electrons. The highest BCUT2D eigenvalue weighted by Gasteiger charge is 2.20. The third-order valence-corrected chi connectivity index (χ3v) is 6.93. The molecule has 0 unspecified atom stereocenters. The van der Waals surface area contributed by atoms with Crippen LogP contribution in [0.5, 0.6) is 0 Å². The van der Waals surface area contributed by atoms with Gasteiger partial charge >= 0.3 is 0 Å². The van der Waals surface area contributed by atoms with E-state index in [0.29, 0.717) is 23.7 Å². The summed E-state index contributed by atoms with van der Waals surface area (Å²) in [5.74, 6) is -0.0512. The molecule has 0 aliphatic carbocycles. The van der Waals surface area contributed by atoms with Crippen molar-refractivity contribution in [1.82, 2.24) is 20.0 Å². The van der Waals surface area contributed by atoms with Gasteiger partial charge in [0.15, 0.2) is 0 Å². The minimum atomic E-state index is -0.0512. The molecule has 34 heavy (non-hydrogen) atoms. The first-order valence-electron chi connectivity index (χ1n) is 12.0. The molecular formula is C27H34ClN5O. The Hall–Kier alpha value is -2.83. The van der Waals surface area contributed by atoms with Crippen molar-refractivity contribution in [1.29, 1.82) is 0 Å². The highest BCUT2D eigenvalue weighted by atomic mass is 35.5. The predicted molar refractivity (Wildman–Crippen MR) is 139 cm³/mol. The van der Waals surface area contributed by atoms with Crippen LogP contribution in [0.25, 0.3) is 0 Å². The first-order chi connectivity index (χ1) is 16.4. The van der Waals surface area contributed by atoms with Gasteiger partial charge in [-0.3, -0.25) is 14.4 Å². The van der Waals surface area contributed by atoms with E-state index in [1.54, 1.807) is 0 Å². The van der Waals surface area contributed by atoms with E-state index in [1.807, 2.05) is 42.8 Å². The summed E-state index contributed by atoms with van der Waals surface area (Å²) >= 11 is 6.30. The monoisotopic (exact) mass is 479 g/mol. The number of anilines is 1. The number of carbonyl (C=O) groups excluding carboxylic acids is 1. The number of halogens is 1. The van der Waals surface area contributed by atoms with Gasteiger partial charge in [-0.2, -0.15) is 5.10 Å². The zero-order chi connectivity index (χ0) is 24.1.